The van der Waals surface area contributed by atoms with Crippen molar-refractivity contribution in [3.05, 3.63) is 126 Å². The van der Waals surface area contributed by atoms with Crippen molar-refractivity contribution >= 4 is 84.8 Å². The van der Waals surface area contributed by atoms with E-state index in [1.54, 1.807) is 11.3 Å². The van der Waals surface area contributed by atoms with Gasteiger partial charge < -0.3 is 4.57 Å². The smallest absolute Gasteiger partial charge is 0.101 e. The Morgan fingerprint density at radius 2 is 1.30 bits per heavy atom. The predicted molar refractivity (Wildman–Crippen MR) is 186 cm³/mol. The van der Waals surface area contributed by atoms with Gasteiger partial charge in [-0.25, -0.2) is 0 Å². The first kappa shape index (κ1) is 24.6. The van der Waals surface area contributed by atoms with Crippen LogP contribution in [0.2, 0.25) is 0 Å². The van der Waals surface area contributed by atoms with Crippen LogP contribution in [0.1, 0.15) is 16.7 Å². The van der Waals surface area contributed by atoms with Gasteiger partial charge >= 0.3 is 0 Å². The van der Waals surface area contributed by atoms with Gasteiger partial charge in [-0.05, 0) is 79.6 Å². The molecule has 3 aromatic heterocycles. The molecule has 6 aromatic carbocycles. The molecular weight excluding hydrogens is 561 g/mol. The topological polar surface area (TPSA) is 28.7 Å². The van der Waals surface area contributed by atoms with Crippen LogP contribution in [0.3, 0.4) is 0 Å². The SMILES string of the molecule is Cc1ccc2c(c1)c1cc(C)ccc1n2-c1cccc2c1sc1c(C#N)ccc(-c3ccc4sc5ccccc5c4c3)c12. The summed E-state index contributed by atoms with van der Waals surface area (Å²) in [4.78, 5) is 0. The van der Waals surface area contributed by atoms with Gasteiger partial charge in [0.2, 0.25) is 0 Å². The summed E-state index contributed by atoms with van der Waals surface area (Å²) in [6.07, 6.45) is 0. The van der Waals surface area contributed by atoms with Crippen molar-refractivity contribution in [2.75, 3.05) is 0 Å². The zero-order valence-corrected chi connectivity index (χ0v) is 25.2. The maximum absolute atomic E-state index is 10.2. The highest BCUT2D eigenvalue weighted by Gasteiger charge is 2.20. The van der Waals surface area contributed by atoms with Gasteiger partial charge in [-0.3, -0.25) is 0 Å². The second-order valence-corrected chi connectivity index (χ2v) is 13.5. The standard InChI is InChI=1S/C39H24N2S2/c1-22-10-15-32-29(18-22)30-19-23(2)11-16-33(30)41(32)34-8-5-7-28-37-26(14-12-25(21-40)38(37)43-39(28)34)24-13-17-36-31(20-24)27-6-3-4-9-35(27)42-36/h3-20H,1-2H3. The fourth-order valence-electron chi connectivity index (χ4n) is 6.80. The number of hydrogen-bond acceptors (Lipinski definition) is 3. The van der Waals surface area contributed by atoms with Crippen LogP contribution in [0.25, 0.3) is 79.0 Å². The number of aryl methyl sites for hydroxylation is 2. The van der Waals surface area contributed by atoms with E-state index >= 15 is 0 Å². The highest BCUT2D eigenvalue weighted by atomic mass is 32.1. The van der Waals surface area contributed by atoms with Crippen LogP contribution in [0.4, 0.5) is 0 Å². The third-order valence-corrected chi connectivity index (χ3v) is 11.2. The Balaban J connectivity index is 1.37. The van der Waals surface area contributed by atoms with E-state index in [9.17, 15) is 5.26 Å². The first-order valence-electron chi connectivity index (χ1n) is 14.4. The fraction of sp³-hybridized carbons (Fsp3) is 0.0513. The van der Waals surface area contributed by atoms with Crippen molar-refractivity contribution in [3.63, 3.8) is 0 Å². The lowest BCUT2D eigenvalue weighted by Gasteiger charge is -2.10. The summed E-state index contributed by atoms with van der Waals surface area (Å²) < 4.78 is 7.26. The molecule has 0 atom stereocenters. The Morgan fingerprint density at radius 3 is 2.07 bits per heavy atom. The molecule has 0 fully saturated rings. The molecule has 0 amide bonds. The minimum Gasteiger partial charge on any atom is -0.308 e. The van der Waals surface area contributed by atoms with E-state index in [0.29, 0.717) is 0 Å². The number of nitrogens with zero attached hydrogens (tertiary/aromatic N) is 2. The lowest BCUT2D eigenvalue weighted by molar-refractivity contribution is 1.20. The summed E-state index contributed by atoms with van der Waals surface area (Å²) >= 11 is 3.58. The molecule has 0 aliphatic rings. The lowest BCUT2D eigenvalue weighted by atomic mass is 9.96. The van der Waals surface area contributed by atoms with Gasteiger partial charge in [0.15, 0.2) is 0 Å². The van der Waals surface area contributed by atoms with Gasteiger partial charge in [-0.1, -0.05) is 65.7 Å². The van der Waals surface area contributed by atoms with Gasteiger partial charge in [0.1, 0.15) is 6.07 Å². The third-order valence-electron chi connectivity index (χ3n) is 8.75. The van der Waals surface area contributed by atoms with Crippen LogP contribution in [-0.2, 0) is 0 Å². The van der Waals surface area contributed by atoms with Crippen LogP contribution in [0.5, 0.6) is 0 Å². The Kier molecular flexibility index (Phi) is 5.17. The average molecular weight is 585 g/mol. The van der Waals surface area contributed by atoms with Crippen LogP contribution in [0.15, 0.2) is 109 Å². The molecule has 0 aliphatic carbocycles. The van der Waals surface area contributed by atoms with Crippen molar-refractivity contribution in [1.29, 1.82) is 5.26 Å². The Bertz CT molecular complexity index is 2600. The Labute approximate surface area is 256 Å². The first-order chi connectivity index (χ1) is 21.1. The molecule has 0 saturated carbocycles. The van der Waals surface area contributed by atoms with Crippen LogP contribution in [-0.4, -0.2) is 4.57 Å². The molecule has 3 heterocycles. The molecule has 4 heteroatoms. The fourth-order valence-corrected chi connectivity index (χ4v) is 9.18. The summed E-state index contributed by atoms with van der Waals surface area (Å²) in [5.41, 5.74) is 9.14. The molecule has 0 saturated heterocycles. The third kappa shape index (κ3) is 3.50. The second kappa shape index (κ2) is 9.02. The van der Waals surface area contributed by atoms with Crippen molar-refractivity contribution in [2.45, 2.75) is 13.8 Å². The minimum absolute atomic E-state index is 0.724. The van der Waals surface area contributed by atoms with E-state index in [2.05, 4.69) is 128 Å². The number of benzene rings is 6. The van der Waals surface area contributed by atoms with E-state index in [0.717, 1.165) is 21.3 Å². The van der Waals surface area contributed by atoms with Gasteiger partial charge in [0.25, 0.3) is 0 Å². The molecule has 9 aromatic rings. The van der Waals surface area contributed by atoms with Crippen molar-refractivity contribution in [1.82, 2.24) is 4.57 Å². The Hall–Kier alpha value is -4.95. The molecule has 0 unspecified atom stereocenters. The normalized spacial score (nSPS) is 11.9. The summed E-state index contributed by atoms with van der Waals surface area (Å²) in [5.74, 6) is 0. The molecule has 43 heavy (non-hydrogen) atoms. The van der Waals surface area contributed by atoms with E-state index < -0.39 is 0 Å². The van der Waals surface area contributed by atoms with Gasteiger partial charge in [0, 0.05) is 41.7 Å². The van der Waals surface area contributed by atoms with E-state index in [1.807, 2.05) is 17.4 Å². The average Bonchev–Trinajstić information content (AvgIpc) is 3.70. The van der Waals surface area contributed by atoms with E-state index in [-0.39, 0.29) is 0 Å². The summed E-state index contributed by atoms with van der Waals surface area (Å²) in [5, 5.41) is 17.7. The zero-order valence-electron chi connectivity index (χ0n) is 23.6. The molecule has 2 nitrogen and oxygen atoms in total. The van der Waals surface area contributed by atoms with E-state index in [4.69, 9.17) is 0 Å². The molecule has 0 N–H and O–H groups in total. The highest BCUT2D eigenvalue weighted by molar-refractivity contribution is 7.26. The maximum Gasteiger partial charge on any atom is 0.101 e. The lowest BCUT2D eigenvalue weighted by Crippen LogP contribution is -1.94. The maximum atomic E-state index is 10.2. The number of hydrogen-bond donors (Lipinski definition) is 0. The largest absolute Gasteiger partial charge is 0.308 e. The zero-order chi connectivity index (χ0) is 28.8. The quantitative estimate of drug-likeness (QED) is 0.199. The summed E-state index contributed by atoms with van der Waals surface area (Å²) in [7, 11) is 0. The van der Waals surface area contributed by atoms with Crippen molar-refractivity contribution in [3.8, 4) is 22.9 Å². The second-order valence-electron chi connectivity index (χ2n) is 11.4. The molecule has 0 aliphatic heterocycles. The number of aromatic nitrogens is 1. The van der Waals surface area contributed by atoms with Crippen molar-refractivity contribution < 1.29 is 0 Å². The molecule has 9 rings (SSSR count). The number of thiophene rings is 2. The first-order valence-corrected chi connectivity index (χ1v) is 16.0. The van der Waals surface area contributed by atoms with Gasteiger partial charge in [-0.2, -0.15) is 5.26 Å². The molecule has 0 spiro atoms. The Morgan fingerprint density at radius 1 is 0.581 bits per heavy atom. The summed E-state index contributed by atoms with van der Waals surface area (Å²) in [6, 6.07) is 42.2. The predicted octanol–water partition coefficient (Wildman–Crippen LogP) is 11.7. The number of fused-ring (bicyclic) bond motifs is 9. The summed E-state index contributed by atoms with van der Waals surface area (Å²) in [6.45, 7) is 4.32. The van der Waals surface area contributed by atoms with Crippen LogP contribution >= 0.6 is 22.7 Å². The molecule has 0 radical (unpaired) electrons. The highest BCUT2D eigenvalue weighted by Crippen LogP contribution is 2.46. The molecule has 202 valence electrons. The van der Waals surface area contributed by atoms with E-state index in [1.165, 1.54) is 74.3 Å². The molecule has 0 bridgehead atoms. The minimum atomic E-state index is 0.724. The molecular formula is C39H24N2S2. The van der Waals surface area contributed by atoms with Crippen LogP contribution in [0, 0.1) is 25.2 Å². The van der Waals surface area contributed by atoms with Gasteiger partial charge in [-0.15, -0.1) is 22.7 Å². The number of rotatable bonds is 2. The van der Waals surface area contributed by atoms with Crippen LogP contribution < -0.4 is 0 Å². The van der Waals surface area contributed by atoms with Gasteiger partial charge in [0.05, 0.1) is 31.7 Å². The number of nitriles is 1. The monoisotopic (exact) mass is 584 g/mol. The van der Waals surface area contributed by atoms with Crippen molar-refractivity contribution in [2.24, 2.45) is 0 Å².